The molecule has 0 spiro atoms. The van der Waals surface area contributed by atoms with E-state index in [1.807, 2.05) is 19.1 Å². The molecule has 0 aliphatic rings. The molecule has 0 saturated carbocycles. The van der Waals surface area contributed by atoms with Crippen molar-refractivity contribution in [3.63, 3.8) is 0 Å². The minimum absolute atomic E-state index is 0.0490. The number of nitrogens with two attached hydrogens (primary N) is 1. The Bertz CT molecular complexity index is 490. The monoisotopic (exact) mass is 420 g/mol. The van der Waals surface area contributed by atoms with E-state index in [1.54, 1.807) is 0 Å². The molecule has 0 aliphatic heterocycles. The van der Waals surface area contributed by atoms with E-state index in [2.05, 4.69) is 57.9 Å². The van der Waals surface area contributed by atoms with Crippen LogP contribution in [0.5, 0.6) is 5.75 Å². The number of carbonyl (C=O) groups is 1. The first-order valence-corrected chi connectivity index (χ1v) is 8.41. The summed E-state index contributed by atoms with van der Waals surface area (Å²) in [6, 6.07) is 3.96. The molecule has 0 aliphatic carbocycles. The molecule has 0 bridgehead atoms. The van der Waals surface area contributed by atoms with Gasteiger partial charge in [0, 0.05) is 12.1 Å². The van der Waals surface area contributed by atoms with Gasteiger partial charge in [-0.3, -0.25) is 4.79 Å². The lowest BCUT2D eigenvalue weighted by molar-refractivity contribution is -0.124. The molecule has 0 radical (unpaired) electrons. The Balaban J connectivity index is 2.92. The number of amides is 1. The van der Waals surface area contributed by atoms with Gasteiger partial charge in [0.2, 0.25) is 0 Å². The Morgan fingerprint density at radius 1 is 1.33 bits per heavy atom. The molecular weight excluding hydrogens is 400 g/mol. The highest BCUT2D eigenvalue weighted by Gasteiger charge is 2.19. The number of ether oxygens (including phenoxy) is 1. The van der Waals surface area contributed by atoms with Gasteiger partial charge in [-0.05, 0) is 76.7 Å². The van der Waals surface area contributed by atoms with Crippen LogP contribution < -0.4 is 15.8 Å². The standard InChI is InChI=1S/C15H22Br2N2O2/c1-5-12(14(18)20)21-13-10(16)6-9(7-11(13)17)8-19-15(2,3)4/h6-7,12,19H,5,8H2,1-4H3,(H2,18,20). The molecule has 0 heterocycles. The number of hydrogen-bond donors (Lipinski definition) is 2. The summed E-state index contributed by atoms with van der Waals surface area (Å²) in [6.45, 7) is 8.96. The van der Waals surface area contributed by atoms with Gasteiger partial charge >= 0.3 is 0 Å². The van der Waals surface area contributed by atoms with Crippen molar-refractivity contribution in [2.24, 2.45) is 5.73 Å². The van der Waals surface area contributed by atoms with Crippen molar-refractivity contribution in [2.45, 2.75) is 52.3 Å². The van der Waals surface area contributed by atoms with Gasteiger partial charge in [-0.2, -0.15) is 0 Å². The van der Waals surface area contributed by atoms with Gasteiger partial charge in [0.05, 0.1) is 8.95 Å². The Morgan fingerprint density at radius 2 is 1.86 bits per heavy atom. The smallest absolute Gasteiger partial charge is 0.258 e. The highest BCUT2D eigenvalue weighted by Crippen LogP contribution is 2.35. The third-order valence-electron chi connectivity index (χ3n) is 2.83. The number of hydrogen-bond acceptors (Lipinski definition) is 3. The summed E-state index contributed by atoms with van der Waals surface area (Å²) in [4.78, 5) is 11.3. The van der Waals surface area contributed by atoms with Crippen LogP contribution in [0.3, 0.4) is 0 Å². The molecular formula is C15H22Br2N2O2. The van der Waals surface area contributed by atoms with E-state index in [9.17, 15) is 4.79 Å². The predicted octanol–water partition coefficient (Wildman–Crippen LogP) is 3.74. The second-order valence-corrected chi connectivity index (χ2v) is 7.62. The van der Waals surface area contributed by atoms with Crippen LogP contribution in [0, 0.1) is 0 Å². The largest absolute Gasteiger partial charge is 0.478 e. The molecule has 1 aromatic carbocycles. The first-order valence-electron chi connectivity index (χ1n) is 6.83. The summed E-state index contributed by atoms with van der Waals surface area (Å²) < 4.78 is 7.29. The Hall–Kier alpha value is -0.590. The molecule has 1 atom stereocenters. The third kappa shape index (κ3) is 5.96. The van der Waals surface area contributed by atoms with Crippen LogP contribution in [0.1, 0.15) is 39.7 Å². The maximum Gasteiger partial charge on any atom is 0.258 e. The molecule has 3 N–H and O–H groups in total. The third-order valence-corrected chi connectivity index (χ3v) is 4.01. The van der Waals surface area contributed by atoms with Gasteiger partial charge in [0.1, 0.15) is 5.75 Å². The molecule has 1 amide bonds. The lowest BCUT2D eigenvalue weighted by atomic mass is 10.1. The molecule has 1 aromatic rings. The minimum atomic E-state index is -0.629. The van der Waals surface area contributed by atoms with E-state index in [-0.39, 0.29) is 5.54 Å². The number of nitrogens with one attached hydrogen (secondary N) is 1. The number of carbonyl (C=O) groups excluding carboxylic acids is 1. The molecule has 0 fully saturated rings. The van der Waals surface area contributed by atoms with Crippen molar-refractivity contribution in [1.29, 1.82) is 0 Å². The van der Waals surface area contributed by atoms with Gasteiger partial charge in [-0.1, -0.05) is 6.92 Å². The summed E-state index contributed by atoms with van der Waals surface area (Å²) in [5.41, 5.74) is 6.48. The molecule has 1 rings (SSSR count). The summed E-state index contributed by atoms with van der Waals surface area (Å²) in [5, 5.41) is 3.43. The SMILES string of the molecule is CCC(Oc1c(Br)cc(CNC(C)(C)C)cc1Br)C(N)=O. The second kappa shape index (κ2) is 7.61. The van der Waals surface area contributed by atoms with Gasteiger partial charge in [-0.25, -0.2) is 0 Å². The van der Waals surface area contributed by atoms with Crippen molar-refractivity contribution in [2.75, 3.05) is 0 Å². The van der Waals surface area contributed by atoms with Crippen LogP contribution in [0.15, 0.2) is 21.1 Å². The average molecular weight is 422 g/mol. The summed E-state index contributed by atoms with van der Waals surface area (Å²) in [7, 11) is 0. The van der Waals surface area contributed by atoms with E-state index in [0.717, 1.165) is 21.1 Å². The predicted molar refractivity (Wildman–Crippen MR) is 92.3 cm³/mol. The van der Waals surface area contributed by atoms with Crippen LogP contribution >= 0.6 is 31.9 Å². The van der Waals surface area contributed by atoms with Crippen LogP contribution in [0.4, 0.5) is 0 Å². The Labute approximate surface area is 143 Å². The van der Waals surface area contributed by atoms with Crippen molar-refractivity contribution >= 4 is 37.8 Å². The zero-order chi connectivity index (χ0) is 16.2. The van der Waals surface area contributed by atoms with E-state index in [1.165, 1.54) is 0 Å². The van der Waals surface area contributed by atoms with Crippen molar-refractivity contribution in [3.05, 3.63) is 26.6 Å². The van der Waals surface area contributed by atoms with Crippen LogP contribution in [0.25, 0.3) is 0 Å². The van der Waals surface area contributed by atoms with Crippen LogP contribution in [-0.4, -0.2) is 17.6 Å². The number of primary amides is 1. The number of halogens is 2. The van der Waals surface area contributed by atoms with Crippen molar-refractivity contribution in [1.82, 2.24) is 5.32 Å². The number of benzene rings is 1. The number of rotatable bonds is 6. The molecule has 4 nitrogen and oxygen atoms in total. The highest BCUT2D eigenvalue weighted by molar-refractivity contribution is 9.11. The molecule has 1 unspecified atom stereocenters. The van der Waals surface area contributed by atoms with E-state index in [4.69, 9.17) is 10.5 Å². The van der Waals surface area contributed by atoms with Gasteiger partial charge < -0.3 is 15.8 Å². The molecule has 0 aromatic heterocycles. The normalized spacial score (nSPS) is 13.0. The maximum absolute atomic E-state index is 11.3. The fraction of sp³-hybridized carbons (Fsp3) is 0.533. The van der Waals surface area contributed by atoms with Crippen LogP contribution in [-0.2, 0) is 11.3 Å². The zero-order valence-electron chi connectivity index (χ0n) is 12.8. The fourth-order valence-corrected chi connectivity index (χ4v) is 3.15. The first-order chi connectivity index (χ1) is 9.64. The molecule has 118 valence electrons. The minimum Gasteiger partial charge on any atom is -0.478 e. The summed E-state index contributed by atoms with van der Waals surface area (Å²) >= 11 is 6.98. The van der Waals surface area contributed by atoms with E-state index >= 15 is 0 Å². The summed E-state index contributed by atoms with van der Waals surface area (Å²) in [5.74, 6) is 0.134. The van der Waals surface area contributed by atoms with E-state index in [0.29, 0.717) is 12.2 Å². The Morgan fingerprint density at radius 3 is 2.24 bits per heavy atom. The molecule has 21 heavy (non-hydrogen) atoms. The van der Waals surface area contributed by atoms with Gasteiger partial charge in [0.15, 0.2) is 6.10 Å². The fourth-order valence-electron chi connectivity index (χ4n) is 1.68. The first kappa shape index (κ1) is 18.5. The highest BCUT2D eigenvalue weighted by atomic mass is 79.9. The van der Waals surface area contributed by atoms with E-state index < -0.39 is 12.0 Å². The maximum atomic E-state index is 11.3. The quantitative estimate of drug-likeness (QED) is 0.735. The van der Waals surface area contributed by atoms with Crippen molar-refractivity contribution in [3.8, 4) is 5.75 Å². The Kier molecular flexibility index (Phi) is 6.69. The molecule has 6 heteroatoms. The van der Waals surface area contributed by atoms with Crippen LogP contribution in [0.2, 0.25) is 0 Å². The average Bonchev–Trinajstić information content (AvgIpc) is 2.34. The van der Waals surface area contributed by atoms with Gasteiger partial charge in [-0.15, -0.1) is 0 Å². The topological polar surface area (TPSA) is 64.3 Å². The second-order valence-electron chi connectivity index (χ2n) is 5.91. The zero-order valence-corrected chi connectivity index (χ0v) is 16.0. The molecule has 0 saturated heterocycles. The van der Waals surface area contributed by atoms with Crippen molar-refractivity contribution < 1.29 is 9.53 Å². The lowest BCUT2D eigenvalue weighted by Crippen LogP contribution is -2.35. The van der Waals surface area contributed by atoms with Gasteiger partial charge in [0.25, 0.3) is 5.91 Å². The summed E-state index contributed by atoms with van der Waals surface area (Å²) in [6.07, 6.45) is -0.0993. The lowest BCUT2D eigenvalue weighted by Gasteiger charge is -2.22.